The predicted molar refractivity (Wildman–Crippen MR) is 124 cm³/mol. The van der Waals surface area contributed by atoms with Gasteiger partial charge in [-0.2, -0.15) is 0 Å². The maximum Gasteiger partial charge on any atom is 0.408 e. The van der Waals surface area contributed by atoms with Crippen LogP contribution in [0.2, 0.25) is 5.02 Å². The normalized spacial score (nSPS) is 13.2. The summed E-state index contributed by atoms with van der Waals surface area (Å²) in [5.74, 6) is -0.848. The number of alkyl carbamates (subject to hydrolysis) is 1. The molecular formula is C22H24ClFINO5. The van der Waals surface area contributed by atoms with Crippen LogP contribution in [-0.4, -0.2) is 30.3 Å². The number of esters is 1. The summed E-state index contributed by atoms with van der Waals surface area (Å²) in [5.41, 5.74) is -1.73. The van der Waals surface area contributed by atoms with E-state index in [0.29, 0.717) is 19.9 Å². The van der Waals surface area contributed by atoms with Crippen LogP contribution in [0.5, 0.6) is 11.5 Å². The molecule has 1 amide bonds. The average Bonchev–Trinajstić information content (AvgIpc) is 2.65. The van der Waals surface area contributed by atoms with Crippen LogP contribution in [-0.2, 0) is 20.7 Å². The van der Waals surface area contributed by atoms with Crippen molar-refractivity contribution in [3.8, 4) is 11.5 Å². The molecule has 0 aliphatic carbocycles. The molecule has 0 heterocycles. The van der Waals surface area contributed by atoms with Crippen LogP contribution >= 0.6 is 34.2 Å². The maximum atomic E-state index is 14.8. The zero-order valence-corrected chi connectivity index (χ0v) is 20.8. The van der Waals surface area contributed by atoms with Crippen molar-refractivity contribution < 1.29 is 28.2 Å². The van der Waals surface area contributed by atoms with Gasteiger partial charge in [-0.15, -0.1) is 0 Å². The fourth-order valence-corrected chi connectivity index (χ4v) is 3.47. The fraction of sp³-hybridized carbons (Fsp3) is 0.364. The number of carbonyl (C=O) groups is 2. The molecule has 0 spiro atoms. The van der Waals surface area contributed by atoms with Gasteiger partial charge in [0.1, 0.15) is 16.9 Å². The van der Waals surface area contributed by atoms with E-state index in [0.717, 1.165) is 0 Å². The molecule has 2 aromatic rings. The Morgan fingerprint density at radius 1 is 1.13 bits per heavy atom. The third kappa shape index (κ3) is 7.24. The summed E-state index contributed by atoms with van der Waals surface area (Å²) in [4.78, 5) is 24.7. The molecule has 0 aromatic heterocycles. The highest BCUT2D eigenvalue weighted by Crippen LogP contribution is 2.31. The summed E-state index contributed by atoms with van der Waals surface area (Å²) in [5, 5.41) is 3.09. The molecule has 0 radical (unpaired) electrons. The van der Waals surface area contributed by atoms with E-state index in [1.54, 1.807) is 45.0 Å². The van der Waals surface area contributed by atoms with Gasteiger partial charge < -0.3 is 19.5 Å². The van der Waals surface area contributed by atoms with Crippen LogP contribution in [0.4, 0.5) is 9.18 Å². The molecule has 0 saturated heterocycles. The minimum atomic E-state index is -1.47. The van der Waals surface area contributed by atoms with E-state index in [1.807, 2.05) is 22.6 Å². The van der Waals surface area contributed by atoms with Gasteiger partial charge in [0.05, 0.1) is 7.11 Å². The van der Waals surface area contributed by atoms with E-state index >= 15 is 0 Å². The molecule has 0 bridgehead atoms. The first-order valence-corrected chi connectivity index (χ1v) is 10.8. The van der Waals surface area contributed by atoms with Crippen molar-refractivity contribution in [2.24, 2.45) is 0 Å². The SMILES string of the molecule is COC(=O)C(C)(Cc1cc(F)c(Oc2ccc(Cl)cc2)cc1I)NC(=O)OC(C)(C)C. The van der Waals surface area contributed by atoms with E-state index in [1.165, 1.54) is 26.2 Å². The van der Waals surface area contributed by atoms with Crippen molar-refractivity contribution >= 4 is 46.3 Å². The number of carbonyl (C=O) groups excluding carboxylic acids is 2. The Labute approximate surface area is 199 Å². The minimum absolute atomic E-state index is 0.0185. The number of ether oxygens (including phenoxy) is 3. The van der Waals surface area contributed by atoms with Crippen molar-refractivity contribution in [2.45, 2.75) is 45.3 Å². The average molecular weight is 564 g/mol. The second kappa shape index (κ2) is 10.0. The molecule has 2 aromatic carbocycles. The number of hydrogen-bond acceptors (Lipinski definition) is 5. The van der Waals surface area contributed by atoms with Gasteiger partial charge in [-0.05, 0) is 92.2 Å². The Bertz CT molecular complexity index is 962. The molecule has 31 heavy (non-hydrogen) atoms. The van der Waals surface area contributed by atoms with Crippen LogP contribution < -0.4 is 10.1 Å². The lowest BCUT2D eigenvalue weighted by molar-refractivity contribution is -0.147. The first kappa shape index (κ1) is 25.2. The Morgan fingerprint density at radius 3 is 2.29 bits per heavy atom. The van der Waals surface area contributed by atoms with E-state index < -0.39 is 29.0 Å². The molecule has 0 aliphatic rings. The van der Waals surface area contributed by atoms with Gasteiger partial charge in [0.2, 0.25) is 0 Å². The zero-order chi connectivity index (χ0) is 23.4. The van der Waals surface area contributed by atoms with E-state index in [4.69, 9.17) is 25.8 Å². The van der Waals surface area contributed by atoms with Crippen molar-refractivity contribution in [3.05, 3.63) is 56.4 Å². The minimum Gasteiger partial charge on any atom is -0.467 e. The summed E-state index contributed by atoms with van der Waals surface area (Å²) in [6.45, 7) is 6.62. The van der Waals surface area contributed by atoms with Crippen LogP contribution in [0.3, 0.4) is 0 Å². The third-order valence-electron chi connectivity index (χ3n) is 4.10. The van der Waals surface area contributed by atoms with E-state index in [2.05, 4.69) is 5.32 Å². The number of hydrogen-bond donors (Lipinski definition) is 1. The first-order chi connectivity index (χ1) is 14.3. The van der Waals surface area contributed by atoms with E-state index in [-0.39, 0.29) is 12.2 Å². The first-order valence-electron chi connectivity index (χ1n) is 9.34. The van der Waals surface area contributed by atoms with Crippen molar-refractivity contribution in [1.82, 2.24) is 5.32 Å². The second-order valence-corrected chi connectivity index (χ2v) is 9.66. The van der Waals surface area contributed by atoms with Crippen molar-refractivity contribution in [2.75, 3.05) is 7.11 Å². The molecular weight excluding hydrogens is 540 g/mol. The summed E-state index contributed by atoms with van der Waals surface area (Å²) in [6, 6.07) is 9.32. The lowest BCUT2D eigenvalue weighted by Crippen LogP contribution is -2.55. The lowest BCUT2D eigenvalue weighted by Gasteiger charge is -2.30. The Balaban J connectivity index is 2.28. The Kier molecular flexibility index (Phi) is 8.15. The molecule has 0 saturated carbocycles. The molecule has 6 nitrogen and oxygen atoms in total. The highest BCUT2D eigenvalue weighted by Gasteiger charge is 2.38. The van der Waals surface area contributed by atoms with Crippen LogP contribution in [0, 0.1) is 9.39 Å². The summed E-state index contributed by atoms with van der Waals surface area (Å²) >= 11 is 7.87. The molecule has 1 N–H and O–H groups in total. The largest absolute Gasteiger partial charge is 0.467 e. The smallest absolute Gasteiger partial charge is 0.408 e. The standard InChI is InChI=1S/C22H24ClFINO5/c1-21(2,3)31-20(28)26-22(4,19(27)29-5)12-13-10-16(24)18(11-17(13)25)30-15-8-6-14(23)7-9-15/h6-11H,12H2,1-5H3,(H,26,28). The molecule has 168 valence electrons. The van der Waals surface area contributed by atoms with Gasteiger partial charge in [0.25, 0.3) is 0 Å². The van der Waals surface area contributed by atoms with Gasteiger partial charge in [-0.25, -0.2) is 14.0 Å². The van der Waals surface area contributed by atoms with E-state index in [9.17, 15) is 14.0 Å². The summed E-state index contributed by atoms with van der Waals surface area (Å²) in [6.07, 6.45) is -0.798. The van der Waals surface area contributed by atoms with Gasteiger partial charge in [-0.3, -0.25) is 0 Å². The highest BCUT2D eigenvalue weighted by molar-refractivity contribution is 14.1. The third-order valence-corrected chi connectivity index (χ3v) is 5.36. The Morgan fingerprint density at radius 2 is 1.74 bits per heavy atom. The zero-order valence-electron chi connectivity index (χ0n) is 17.8. The number of rotatable bonds is 6. The topological polar surface area (TPSA) is 73.9 Å². The van der Waals surface area contributed by atoms with Gasteiger partial charge in [0.15, 0.2) is 11.6 Å². The predicted octanol–water partition coefficient (Wildman–Crippen LogP) is 5.87. The number of nitrogens with one attached hydrogen (secondary N) is 1. The van der Waals surface area contributed by atoms with Gasteiger partial charge in [0, 0.05) is 15.0 Å². The van der Waals surface area contributed by atoms with Crippen LogP contribution in [0.15, 0.2) is 36.4 Å². The molecule has 0 fully saturated rings. The molecule has 9 heteroatoms. The highest BCUT2D eigenvalue weighted by atomic mass is 127. The maximum absolute atomic E-state index is 14.8. The lowest BCUT2D eigenvalue weighted by atomic mass is 9.92. The number of amides is 1. The van der Waals surface area contributed by atoms with Gasteiger partial charge in [-0.1, -0.05) is 11.6 Å². The Hall–Kier alpha value is -2.07. The summed E-state index contributed by atoms with van der Waals surface area (Å²) in [7, 11) is 1.21. The molecule has 2 rings (SSSR count). The van der Waals surface area contributed by atoms with Crippen LogP contribution in [0.25, 0.3) is 0 Å². The molecule has 1 unspecified atom stereocenters. The number of halogens is 3. The number of methoxy groups -OCH3 is 1. The molecule has 1 atom stereocenters. The number of benzene rings is 2. The van der Waals surface area contributed by atoms with Gasteiger partial charge >= 0.3 is 12.1 Å². The second-order valence-electron chi connectivity index (χ2n) is 8.06. The monoisotopic (exact) mass is 563 g/mol. The van der Waals surface area contributed by atoms with Crippen LogP contribution in [0.1, 0.15) is 33.3 Å². The van der Waals surface area contributed by atoms with Crippen molar-refractivity contribution in [3.63, 3.8) is 0 Å². The molecule has 0 aliphatic heterocycles. The summed E-state index contributed by atoms with van der Waals surface area (Å²) < 4.78 is 31.1. The quantitative estimate of drug-likeness (QED) is 0.351. The fourth-order valence-electron chi connectivity index (χ4n) is 2.72. The van der Waals surface area contributed by atoms with Crippen molar-refractivity contribution in [1.29, 1.82) is 0 Å².